The largest absolute Gasteiger partial charge is 0.309 e. The summed E-state index contributed by atoms with van der Waals surface area (Å²) >= 11 is 3.78. The zero-order chi connectivity index (χ0) is 38.2. The molecule has 0 N–H and O–H groups in total. The van der Waals surface area contributed by atoms with E-state index in [0.29, 0.717) is 0 Å². The number of anilines is 3. The molecule has 3 heterocycles. The van der Waals surface area contributed by atoms with E-state index < -0.39 is 0 Å². The van der Waals surface area contributed by atoms with Crippen molar-refractivity contribution in [2.45, 2.75) is 0 Å². The second-order valence-electron chi connectivity index (χ2n) is 14.9. The van der Waals surface area contributed by atoms with E-state index in [4.69, 9.17) is 0 Å². The number of benzene rings is 9. The molecule has 272 valence electrons. The molecule has 12 rings (SSSR count). The Morgan fingerprint density at radius 1 is 0.362 bits per heavy atom. The number of fused-ring (bicyclic) bond motifs is 9. The summed E-state index contributed by atoms with van der Waals surface area (Å²) in [6.45, 7) is 0. The molecule has 0 radical (unpaired) electrons. The molecule has 0 bridgehead atoms. The first-order chi connectivity index (χ1) is 28.8. The minimum atomic E-state index is 1.13. The van der Waals surface area contributed by atoms with Gasteiger partial charge in [-0.25, -0.2) is 0 Å². The van der Waals surface area contributed by atoms with E-state index in [2.05, 4.69) is 216 Å². The quantitative estimate of drug-likeness (QED) is 0.163. The van der Waals surface area contributed by atoms with E-state index in [1.165, 1.54) is 95.8 Å². The van der Waals surface area contributed by atoms with Gasteiger partial charge in [0.25, 0.3) is 0 Å². The molecule has 4 heteroatoms. The van der Waals surface area contributed by atoms with E-state index in [1.54, 1.807) is 0 Å². The topological polar surface area (TPSA) is 8.17 Å². The van der Waals surface area contributed by atoms with Crippen molar-refractivity contribution in [3.05, 3.63) is 206 Å². The van der Waals surface area contributed by atoms with Crippen LogP contribution in [0.25, 0.3) is 90.1 Å². The predicted octanol–water partition coefficient (Wildman–Crippen LogP) is 16.3. The van der Waals surface area contributed by atoms with Crippen LogP contribution >= 0.6 is 22.7 Å². The van der Waals surface area contributed by atoms with Crippen LogP contribution in [0.15, 0.2) is 206 Å². The first kappa shape index (κ1) is 33.2. The van der Waals surface area contributed by atoms with Gasteiger partial charge < -0.3 is 9.47 Å². The van der Waals surface area contributed by atoms with Crippen LogP contribution in [0.3, 0.4) is 0 Å². The Balaban J connectivity index is 1.18. The molecule has 0 amide bonds. The van der Waals surface area contributed by atoms with Gasteiger partial charge in [0, 0.05) is 57.8 Å². The second kappa shape index (κ2) is 13.3. The molecule has 0 unspecified atom stereocenters. The van der Waals surface area contributed by atoms with E-state index >= 15 is 0 Å². The Morgan fingerprint density at radius 3 is 1.86 bits per heavy atom. The zero-order valence-electron chi connectivity index (χ0n) is 31.3. The summed E-state index contributed by atoms with van der Waals surface area (Å²) in [6.07, 6.45) is 0. The van der Waals surface area contributed by atoms with E-state index in [9.17, 15) is 0 Å². The van der Waals surface area contributed by atoms with Gasteiger partial charge in [0.05, 0.1) is 27.1 Å². The molecular formula is C54H34N2S2. The number of hydrogen-bond donors (Lipinski definition) is 0. The first-order valence-corrected chi connectivity index (χ1v) is 21.3. The summed E-state index contributed by atoms with van der Waals surface area (Å²) in [7, 11) is 0. The molecule has 0 aliphatic carbocycles. The van der Waals surface area contributed by atoms with Gasteiger partial charge in [0.15, 0.2) is 0 Å². The van der Waals surface area contributed by atoms with Crippen LogP contribution in [0, 0.1) is 0 Å². The second-order valence-corrected chi connectivity index (χ2v) is 17.0. The highest BCUT2D eigenvalue weighted by atomic mass is 32.1. The van der Waals surface area contributed by atoms with Gasteiger partial charge in [-0.15, -0.1) is 22.7 Å². The van der Waals surface area contributed by atoms with Crippen molar-refractivity contribution in [1.82, 2.24) is 4.57 Å². The molecule has 58 heavy (non-hydrogen) atoms. The van der Waals surface area contributed by atoms with Crippen LogP contribution in [0.2, 0.25) is 0 Å². The van der Waals surface area contributed by atoms with E-state index in [1.807, 2.05) is 22.7 Å². The van der Waals surface area contributed by atoms with Crippen LogP contribution < -0.4 is 4.90 Å². The Morgan fingerprint density at radius 2 is 1.03 bits per heavy atom. The molecule has 0 saturated heterocycles. The number of nitrogens with zero attached hydrogens (tertiary/aromatic N) is 2. The van der Waals surface area contributed by atoms with Crippen LogP contribution in [0.1, 0.15) is 0 Å². The average Bonchev–Trinajstić information content (AvgIpc) is 3.97. The average molecular weight is 775 g/mol. The normalized spacial score (nSPS) is 11.8. The Labute approximate surface area is 343 Å². The standard InChI is InChI=1S/C54H34N2S2/c1-4-15-35(16-5-1)37-27-29-44-51(33-37)58-54-40(36-17-6-2-7-18-36)30-32-48(52(44)54)56(49-25-14-23-43-42-22-11-13-26-50(42)57-53(43)49)39-28-31-47-45(34-39)41-21-10-12-24-46(41)55(47)38-19-8-3-9-20-38/h1-34H. The van der Waals surface area contributed by atoms with Gasteiger partial charge in [-0.2, -0.15) is 0 Å². The third-order valence-corrected chi connectivity index (χ3v) is 14.0. The molecule has 2 nitrogen and oxygen atoms in total. The van der Waals surface area contributed by atoms with Crippen molar-refractivity contribution in [1.29, 1.82) is 0 Å². The Bertz CT molecular complexity index is 3500. The lowest BCUT2D eigenvalue weighted by Gasteiger charge is -2.28. The number of para-hydroxylation sites is 2. The Kier molecular flexibility index (Phi) is 7.62. The lowest BCUT2D eigenvalue weighted by Crippen LogP contribution is -2.10. The van der Waals surface area contributed by atoms with Crippen LogP contribution in [-0.4, -0.2) is 4.57 Å². The summed E-state index contributed by atoms with van der Waals surface area (Å²) < 4.78 is 7.54. The van der Waals surface area contributed by atoms with Crippen LogP contribution in [0.4, 0.5) is 17.1 Å². The Hall–Kier alpha value is -6.98. The minimum Gasteiger partial charge on any atom is -0.309 e. The molecule has 0 saturated carbocycles. The van der Waals surface area contributed by atoms with E-state index in [-0.39, 0.29) is 0 Å². The molecular weight excluding hydrogens is 741 g/mol. The fourth-order valence-electron chi connectivity index (χ4n) is 8.97. The molecule has 0 aliphatic rings. The van der Waals surface area contributed by atoms with Gasteiger partial charge >= 0.3 is 0 Å². The molecule has 0 spiro atoms. The molecule has 9 aromatic carbocycles. The maximum absolute atomic E-state index is 2.54. The number of aromatic nitrogens is 1. The number of rotatable bonds is 6. The highest BCUT2D eigenvalue weighted by Gasteiger charge is 2.25. The minimum absolute atomic E-state index is 1.13. The zero-order valence-corrected chi connectivity index (χ0v) is 33.0. The summed E-state index contributed by atoms with van der Waals surface area (Å²) in [5.74, 6) is 0. The fraction of sp³-hybridized carbons (Fsp3) is 0. The van der Waals surface area contributed by atoms with Gasteiger partial charge in [0.1, 0.15) is 0 Å². The molecule has 3 aromatic heterocycles. The van der Waals surface area contributed by atoms with Gasteiger partial charge in [0.2, 0.25) is 0 Å². The lowest BCUT2D eigenvalue weighted by atomic mass is 9.98. The van der Waals surface area contributed by atoms with Crippen molar-refractivity contribution in [2.75, 3.05) is 4.90 Å². The van der Waals surface area contributed by atoms with Crippen molar-refractivity contribution < 1.29 is 0 Å². The van der Waals surface area contributed by atoms with Crippen molar-refractivity contribution in [2.24, 2.45) is 0 Å². The maximum atomic E-state index is 2.54. The summed E-state index contributed by atoms with van der Waals surface area (Å²) in [4.78, 5) is 2.54. The SMILES string of the molecule is c1ccc(-c2ccc3c(c2)sc2c(-c4ccccc4)ccc(N(c4ccc5c(c4)c4ccccc4n5-c4ccccc4)c4cccc5c4sc4ccccc45)c23)cc1. The predicted molar refractivity (Wildman–Crippen MR) is 252 cm³/mol. The molecule has 0 atom stereocenters. The van der Waals surface area contributed by atoms with Crippen molar-refractivity contribution in [3.8, 4) is 27.9 Å². The van der Waals surface area contributed by atoms with Gasteiger partial charge in [-0.3, -0.25) is 0 Å². The van der Waals surface area contributed by atoms with Crippen LogP contribution in [0.5, 0.6) is 0 Å². The monoisotopic (exact) mass is 774 g/mol. The number of thiophene rings is 2. The highest BCUT2D eigenvalue weighted by molar-refractivity contribution is 7.27. The third-order valence-electron chi connectivity index (χ3n) is 11.6. The van der Waals surface area contributed by atoms with Gasteiger partial charge in [-0.1, -0.05) is 146 Å². The summed E-state index contributed by atoms with van der Waals surface area (Å²) in [6, 6.07) is 75.6. The van der Waals surface area contributed by atoms with Gasteiger partial charge in [-0.05, 0) is 82.9 Å². The first-order valence-electron chi connectivity index (χ1n) is 19.7. The third kappa shape index (κ3) is 5.16. The van der Waals surface area contributed by atoms with Crippen LogP contribution in [-0.2, 0) is 0 Å². The molecule has 12 aromatic rings. The summed E-state index contributed by atoms with van der Waals surface area (Å²) in [5, 5.41) is 7.58. The number of hydrogen-bond acceptors (Lipinski definition) is 3. The van der Waals surface area contributed by atoms with Crippen molar-refractivity contribution in [3.63, 3.8) is 0 Å². The maximum Gasteiger partial charge on any atom is 0.0640 e. The molecule has 0 aliphatic heterocycles. The fourth-order valence-corrected chi connectivity index (χ4v) is 11.5. The van der Waals surface area contributed by atoms with Crippen molar-refractivity contribution >= 4 is 102 Å². The highest BCUT2D eigenvalue weighted by Crippen LogP contribution is 2.52. The summed E-state index contributed by atoms with van der Waals surface area (Å²) in [5.41, 5.74) is 12.0. The lowest BCUT2D eigenvalue weighted by molar-refractivity contribution is 1.18. The van der Waals surface area contributed by atoms with E-state index in [0.717, 1.165) is 11.4 Å². The molecule has 0 fully saturated rings. The smallest absolute Gasteiger partial charge is 0.0640 e.